The molecular weight excluding hydrogens is 374 g/mol. The van der Waals surface area contributed by atoms with Crippen molar-refractivity contribution in [1.29, 1.82) is 0 Å². The van der Waals surface area contributed by atoms with E-state index in [0.29, 0.717) is 36.9 Å². The van der Waals surface area contributed by atoms with Crippen molar-refractivity contribution in [1.82, 2.24) is 10.2 Å². The van der Waals surface area contributed by atoms with Gasteiger partial charge in [0.05, 0.1) is 40.4 Å². The Balaban J connectivity index is 2.21. The number of likely N-dealkylation sites (tertiary alicyclic amines) is 1. The summed E-state index contributed by atoms with van der Waals surface area (Å²) in [7, 11) is 4.81. The number of methoxy groups -OCH3 is 3. The van der Waals surface area contributed by atoms with Gasteiger partial charge in [-0.15, -0.1) is 0 Å². The zero-order chi connectivity index (χ0) is 21.2. The first-order valence-corrected chi connectivity index (χ1v) is 10.1. The number of benzene rings is 1. The molecule has 1 heterocycles. The lowest BCUT2D eigenvalue weighted by molar-refractivity contribution is -0.149. The molecule has 1 aromatic carbocycles. The van der Waals surface area contributed by atoms with Crippen molar-refractivity contribution in [3.8, 4) is 17.2 Å². The van der Waals surface area contributed by atoms with Gasteiger partial charge >= 0.3 is 5.97 Å². The lowest BCUT2D eigenvalue weighted by Crippen LogP contribution is -2.48. The van der Waals surface area contributed by atoms with E-state index in [0.717, 1.165) is 37.5 Å². The maximum absolute atomic E-state index is 12.2. The van der Waals surface area contributed by atoms with E-state index in [1.165, 1.54) is 0 Å². The van der Waals surface area contributed by atoms with Gasteiger partial charge in [0.1, 0.15) is 5.75 Å². The summed E-state index contributed by atoms with van der Waals surface area (Å²) in [5.74, 6) is 2.45. The van der Waals surface area contributed by atoms with Gasteiger partial charge in [-0.25, -0.2) is 4.99 Å². The van der Waals surface area contributed by atoms with E-state index in [-0.39, 0.29) is 11.9 Å². The molecule has 1 aromatic rings. The second kappa shape index (κ2) is 11.4. The van der Waals surface area contributed by atoms with Crippen molar-refractivity contribution >= 4 is 11.9 Å². The molecule has 1 aliphatic heterocycles. The van der Waals surface area contributed by atoms with Crippen LogP contribution < -0.4 is 19.5 Å². The highest BCUT2D eigenvalue weighted by molar-refractivity contribution is 5.81. The molecule has 1 N–H and O–H groups in total. The summed E-state index contributed by atoms with van der Waals surface area (Å²) in [5.41, 5.74) is 0.888. The predicted octanol–water partition coefficient (Wildman–Crippen LogP) is 2.45. The minimum Gasteiger partial charge on any atom is -0.496 e. The molecule has 0 spiro atoms. The van der Waals surface area contributed by atoms with E-state index < -0.39 is 0 Å². The van der Waals surface area contributed by atoms with Gasteiger partial charge in [0, 0.05) is 31.3 Å². The molecule has 1 fully saturated rings. The van der Waals surface area contributed by atoms with Gasteiger partial charge in [0.2, 0.25) is 0 Å². The molecular formula is C21H33N3O5. The van der Waals surface area contributed by atoms with Crippen LogP contribution in [0.4, 0.5) is 0 Å². The molecule has 1 unspecified atom stereocenters. The lowest BCUT2D eigenvalue weighted by Gasteiger charge is -2.34. The fourth-order valence-electron chi connectivity index (χ4n) is 3.42. The van der Waals surface area contributed by atoms with Crippen LogP contribution >= 0.6 is 0 Å². The Labute approximate surface area is 173 Å². The number of carbonyl (C=O) groups is 1. The Morgan fingerprint density at radius 3 is 2.45 bits per heavy atom. The standard InChI is InChI=1S/C21H33N3O5/c1-6-22-21(24-10-8-9-15(14-24)20(25)29-7-2)23-13-16-11-18(27-4)19(28-5)12-17(16)26-3/h11-12,15H,6-10,13-14H2,1-5H3,(H,22,23). The van der Waals surface area contributed by atoms with E-state index in [9.17, 15) is 4.79 Å². The first kappa shape index (κ1) is 22.6. The van der Waals surface area contributed by atoms with Crippen LogP contribution in [0.1, 0.15) is 32.3 Å². The van der Waals surface area contributed by atoms with E-state index in [2.05, 4.69) is 10.2 Å². The second-order valence-corrected chi connectivity index (χ2v) is 6.73. The van der Waals surface area contributed by atoms with Crippen molar-refractivity contribution in [3.05, 3.63) is 17.7 Å². The Kier molecular flexibility index (Phi) is 8.89. The molecule has 0 bridgehead atoms. The van der Waals surface area contributed by atoms with Crippen molar-refractivity contribution in [2.45, 2.75) is 33.2 Å². The van der Waals surface area contributed by atoms with Crippen LogP contribution in [-0.2, 0) is 16.1 Å². The molecule has 0 radical (unpaired) electrons. The number of esters is 1. The summed E-state index contributed by atoms with van der Waals surface area (Å²) in [4.78, 5) is 19.1. The van der Waals surface area contributed by atoms with Crippen LogP contribution in [0, 0.1) is 5.92 Å². The van der Waals surface area contributed by atoms with Crippen molar-refractivity contribution in [2.75, 3.05) is 47.6 Å². The number of carbonyl (C=O) groups excluding carboxylic acids is 1. The number of aliphatic imine (C=N–C) groups is 1. The van der Waals surface area contributed by atoms with Crippen LogP contribution in [0.15, 0.2) is 17.1 Å². The molecule has 0 aliphatic carbocycles. The highest BCUT2D eigenvalue weighted by atomic mass is 16.5. The maximum atomic E-state index is 12.2. The van der Waals surface area contributed by atoms with Crippen LogP contribution in [0.25, 0.3) is 0 Å². The smallest absolute Gasteiger partial charge is 0.310 e. The first-order chi connectivity index (χ1) is 14.1. The van der Waals surface area contributed by atoms with E-state index in [1.807, 2.05) is 19.9 Å². The third-order valence-electron chi connectivity index (χ3n) is 4.86. The Hall–Kier alpha value is -2.64. The van der Waals surface area contributed by atoms with Gasteiger partial charge in [0.15, 0.2) is 17.5 Å². The normalized spacial score (nSPS) is 16.9. The third kappa shape index (κ3) is 5.92. The molecule has 29 heavy (non-hydrogen) atoms. The SMILES string of the molecule is CCNC(=NCc1cc(OC)c(OC)cc1OC)N1CCCC(C(=O)OCC)C1. The zero-order valence-electron chi connectivity index (χ0n) is 18.1. The quantitative estimate of drug-likeness (QED) is 0.403. The number of piperidine rings is 1. The van der Waals surface area contributed by atoms with Crippen LogP contribution in [-0.4, -0.2) is 64.4 Å². The first-order valence-electron chi connectivity index (χ1n) is 10.1. The van der Waals surface area contributed by atoms with E-state index >= 15 is 0 Å². The van der Waals surface area contributed by atoms with Gasteiger partial charge in [-0.2, -0.15) is 0 Å². The highest BCUT2D eigenvalue weighted by Gasteiger charge is 2.28. The highest BCUT2D eigenvalue weighted by Crippen LogP contribution is 2.35. The molecule has 0 amide bonds. The van der Waals surface area contributed by atoms with Gasteiger partial charge < -0.3 is 29.2 Å². The molecule has 1 atom stereocenters. The summed E-state index contributed by atoms with van der Waals surface area (Å²) in [6, 6.07) is 3.68. The summed E-state index contributed by atoms with van der Waals surface area (Å²) >= 11 is 0. The van der Waals surface area contributed by atoms with Crippen LogP contribution in [0.2, 0.25) is 0 Å². The molecule has 8 nitrogen and oxygen atoms in total. The summed E-state index contributed by atoms with van der Waals surface area (Å²) in [6.45, 7) is 6.87. The number of hydrogen-bond donors (Lipinski definition) is 1. The lowest BCUT2D eigenvalue weighted by atomic mass is 9.98. The molecule has 0 saturated carbocycles. The van der Waals surface area contributed by atoms with Gasteiger partial charge in [0.25, 0.3) is 0 Å². The maximum Gasteiger partial charge on any atom is 0.310 e. The summed E-state index contributed by atoms with van der Waals surface area (Å²) in [6.07, 6.45) is 1.77. The van der Waals surface area contributed by atoms with Crippen LogP contribution in [0.5, 0.6) is 17.2 Å². The topological polar surface area (TPSA) is 81.6 Å². The average Bonchev–Trinajstić information content (AvgIpc) is 2.76. The van der Waals surface area contributed by atoms with Crippen LogP contribution in [0.3, 0.4) is 0 Å². The Bertz CT molecular complexity index is 708. The summed E-state index contributed by atoms with van der Waals surface area (Å²) in [5, 5.41) is 3.33. The Morgan fingerprint density at radius 2 is 1.83 bits per heavy atom. The molecule has 2 rings (SSSR count). The van der Waals surface area contributed by atoms with Gasteiger partial charge in [-0.1, -0.05) is 0 Å². The minimum absolute atomic E-state index is 0.122. The monoisotopic (exact) mass is 407 g/mol. The predicted molar refractivity (Wildman–Crippen MR) is 112 cm³/mol. The average molecular weight is 408 g/mol. The number of rotatable bonds is 8. The zero-order valence-corrected chi connectivity index (χ0v) is 18.1. The fourth-order valence-corrected chi connectivity index (χ4v) is 3.42. The second-order valence-electron chi connectivity index (χ2n) is 6.73. The molecule has 1 saturated heterocycles. The van der Waals surface area contributed by atoms with Crippen molar-refractivity contribution < 1.29 is 23.7 Å². The minimum atomic E-state index is -0.130. The fraction of sp³-hybridized carbons (Fsp3) is 0.619. The van der Waals surface area contributed by atoms with Gasteiger partial charge in [-0.3, -0.25) is 4.79 Å². The van der Waals surface area contributed by atoms with Crippen molar-refractivity contribution in [3.63, 3.8) is 0 Å². The molecule has 1 aliphatic rings. The number of ether oxygens (including phenoxy) is 4. The number of hydrogen-bond acceptors (Lipinski definition) is 6. The molecule has 0 aromatic heterocycles. The number of nitrogens with zero attached hydrogens (tertiary/aromatic N) is 2. The molecule has 162 valence electrons. The van der Waals surface area contributed by atoms with E-state index in [4.69, 9.17) is 23.9 Å². The molecule has 8 heteroatoms. The largest absolute Gasteiger partial charge is 0.496 e. The van der Waals surface area contributed by atoms with Crippen molar-refractivity contribution in [2.24, 2.45) is 10.9 Å². The number of guanidine groups is 1. The third-order valence-corrected chi connectivity index (χ3v) is 4.86. The summed E-state index contributed by atoms with van der Waals surface area (Å²) < 4.78 is 21.5. The van der Waals surface area contributed by atoms with Gasteiger partial charge in [-0.05, 0) is 32.8 Å². The Morgan fingerprint density at radius 1 is 1.14 bits per heavy atom. The van der Waals surface area contributed by atoms with E-state index in [1.54, 1.807) is 27.4 Å². The number of nitrogens with one attached hydrogen (secondary N) is 1.